The first-order chi connectivity index (χ1) is 7.04. The van der Waals surface area contributed by atoms with Crippen LogP contribution in [-0.4, -0.2) is 17.0 Å². The summed E-state index contributed by atoms with van der Waals surface area (Å²) < 4.78 is 0. The first-order valence-corrected chi connectivity index (χ1v) is 5.66. The number of hydrogen-bond donors (Lipinski definition) is 1. The molecule has 1 N–H and O–H groups in total. The molecule has 0 aromatic rings. The molecule has 2 aliphatic carbocycles. The van der Waals surface area contributed by atoms with Crippen LogP contribution < -0.4 is 0 Å². The molecule has 82 valence electrons. The number of aliphatic hydroxyl groups excluding tert-OH is 1. The summed E-state index contributed by atoms with van der Waals surface area (Å²) in [5.41, 5.74) is 1.10. The molecule has 2 aliphatic rings. The molecule has 0 amide bonds. The van der Waals surface area contributed by atoms with E-state index in [1.807, 2.05) is 13.0 Å². The molecule has 3 atom stereocenters. The lowest BCUT2D eigenvalue weighted by Crippen LogP contribution is -2.39. The SMILES string of the molecule is CC(O)C1CCCC2=CC(=O)C=CC21C. The third-order valence-electron chi connectivity index (χ3n) is 3.92. The Labute approximate surface area is 90.7 Å². The number of allylic oxidation sites excluding steroid dienone is 4. The summed E-state index contributed by atoms with van der Waals surface area (Å²) in [7, 11) is 0. The van der Waals surface area contributed by atoms with Crippen molar-refractivity contribution in [3.8, 4) is 0 Å². The van der Waals surface area contributed by atoms with Gasteiger partial charge in [0.1, 0.15) is 0 Å². The van der Waals surface area contributed by atoms with Gasteiger partial charge >= 0.3 is 0 Å². The molecular formula is C13H18O2. The fraction of sp³-hybridized carbons (Fsp3) is 0.615. The molecule has 0 aromatic carbocycles. The van der Waals surface area contributed by atoms with Crippen molar-refractivity contribution in [3.63, 3.8) is 0 Å². The molecule has 0 aliphatic heterocycles. The second-order valence-electron chi connectivity index (χ2n) is 4.93. The largest absolute Gasteiger partial charge is 0.393 e. The molecule has 15 heavy (non-hydrogen) atoms. The zero-order chi connectivity index (χ0) is 11.1. The number of aliphatic hydroxyl groups is 1. The van der Waals surface area contributed by atoms with Crippen molar-refractivity contribution in [3.05, 3.63) is 23.8 Å². The highest BCUT2D eigenvalue weighted by Gasteiger charge is 2.41. The topological polar surface area (TPSA) is 37.3 Å². The summed E-state index contributed by atoms with van der Waals surface area (Å²) in [6.07, 6.45) is 8.20. The normalized spacial score (nSPS) is 37.1. The first-order valence-electron chi connectivity index (χ1n) is 5.66. The number of ketones is 1. The molecule has 1 fully saturated rings. The molecule has 0 heterocycles. The van der Waals surface area contributed by atoms with E-state index in [-0.39, 0.29) is 23.2 Å². The maximum atomic E-state index is 11.3. The molecule has 2 nitrogen and oxygen atoms in total. The Kier molecular flexibility index (Phi) is 2.55. The van der Waals surface area contributed by atoms with Crippen molar-refractivity contribution in [1.29, 1.82) is 0 Å². The van der Waals surface area contributed by atoms with E-state index in [0.29, 0.717) is 0 Å². The quantitative estimate of drug-likeness (QED) is 0.714. The smallest absolute Gasteiger partial charge is 0.178 e. The van der Waals surface area contributed by atoms with Crippen molar-refractivity contribution in [2.24, 2.45) is 11.3 Å². The van der Waals surface area contributed by atoms with E-state index in [2.05, 4.69) is 6.92 Å². The lowest BCUT2D eigenvalue weighted by atomic mass is 9.61. The van der Waals surface area contributed by atoms with Gasteiger partial charge in [-0.1, -0.05) is 18.6 Å². The highest BCUT2D eigenvalue weighted by Crippen LogP contribution is 2.48. The summed E-state index contributed by atoms with van der Waals surface area (Å²) in [6.45, 7) is 3.99. The fourth-order valence-electron chi connectivity index (χ4n) is 3.00. The molecule has 0 bridgehead atoms. The number of carbonyl (C=O) groups excluding carboxylic acids is 1. The van der Waals surface area contributed by atoms with Crippen LogP contribution in [0.5, 0.6) is 0 Å². The summed E-state index contributed by atoms with van der Waals surface area (Å²) in [5.74, 6) is 0.343. The second-order valence-corrected chi connectivity index (χ2v) is 4.93. The van der Waals surface area contributed by atoms with E-state index >= 15 is 0 Å². The highest BCUT2D eigenvalue weighted by atomic mass is 16.3. The molecule has 1 saturated carbocycles. The average Bonchev–Trinajstić information content (AvgIpc) is 2.17. The van der Waals surface area contributed by atoms with E-state index in [9.17, 15) is 9.90 Å². The van der Waals surface area contributed by atoms with Crippen LogP contribution in [0.3, 0.4) is 0 Å². The molecule has 0 aromatic heterocycles. The average molecular weight is 206 g/mol. The van der Waals surface area contributed by atoms with E-state index in [4.69, 9.17) is 0 Å². The minimum Gasteiger partial charge on any atom is -0.393 e. The monoisotopic (exact) mass is 206 g/mol. The molecule has 0 spiro atoms. The maximum absolute atomic E-state index is 11.3. The van der Waals surface area contributed by atoms with Gasteiger partial charge < -0.3 is 5.11 Å². The van der Waals surface area contributed by atoms with Crippen LogP contribution >= 0.6 is 0 Å². The third kappa shape index (κ3) is 1.67. The maximum Gasteiger partial charge on any atom is 0.178 e. The minimum absolute atomic E-state index is 0.0914. The van der Waals surface area contributed by atoms with Gasteiger partial charge in [0, 0.05) is 5.41 Å². The lowest BCUT2D eigenvalue weighted by Gasteiger charge is -2.44. The minimum atomic E-state index is -0.309. The summed E-state index contributed by atoms with van der Waals surface area (Å²) in [5, 5.41) is 9.80. The van der Waals surface area contributed by atoms with Crippen molar-refractivity contribution in [2.45, 2.75) is 39.2 Å². The van der Waals surface area contributed by atoms with Crippen LogP contribution in [0, 0.1) is 11.3 Å². The van der Waals surface area contributed by atoms with Gasteiger partial charge in [-0.05, 0) is 44.3 Å². The van der Waals surface area contributed by atoms with E-state index in [1.165, 1.54) is 5.57 Å². The Bertz CT molecular complexity index is 338. The predicted molar refractivity (Wildman–Crippen MR) is 59.4 cm³/mol. The van der Waals surface area contributed by atoms with Crippen LogP contribution in [0.15, 0.2) is 23.8 Å². The van der Waals surface area contributed by atoms with Crippen LogP contribution in [0.4, 0.5) is 0 Å². The lowest BCUT2D eigenvalue weighted by molar-refractivity contribution is -0.110. The second kappa shape index (κ2) is 3.60. The van der Waals surface area contributed by atoms with Gasteiger partial charge in [-0.25, -0.2) is 0 Å². The number of fused-ring (bicyclic) bond motifs is 1. The standard InChI is InChI=1S/C13H18O2/c1-9(14)12-5-3-4-10-8-11(15)6-7-13(10,12)2/h6-9,12,14H,3-5H2,1-2H3. The van der Waals surface area contributed by atoms with Gasteiger partial charge in [-0.15, -0.1) is 0 Å². The van der Waals surface area contributed by atoms with Crippen LogP contribution in [0.2, 0.25) is 0 Å². The Balaban J connectivity index is 2.37. The molecule has 3 unspecified atom stereocenters. The van der Waals surface area contributed by atoms with Crippen molar-refractivity contribution < 1.29 is 9.90 Å². The number of hydrogen-bond acceptors (Lipinski definition) is 2. The van der Waals surface area contributed by atoms with Crippen molar-refractivity contribution >= 4 is 5.78 Å². The Morgan fingerprint density at radius 2 is 2.33 bits per heavy atom. The van der Waals surface area contributed by atoms with Gasteiger partial charge in [-0.2, -0.15) is 0 Å². The number of rotatable bonds is 1. The predicted octanol–water partition coefficient (Wildman–Crippen LogP) is 2.24. The summed E-state index contributed by atoms with van der Waals surface area (Å²) in [4.78, 5) is 11.3. The van der Waals surface area contributed by atoms with E-state index in [1.54, 1.807) is 12.2 Å². The van der Waals surface area contributed by atoms with Gasteiger partial charge in [0.25, 0.3) is 0 Å². The Hall–Kier alpha value is -0.890. The molecule has 0 radical (unpaired) electrons. The van der Waals surface area contributed by atoms with Crippen molar-refractivity contribution in [2.75, 3.05) is 0 Å². The molecular weight excluding hydrogens is 188 g/mol. The van der Waals surface area contributed by atoms with Gasteiger partial charge in [0.05, 0.1) is 6.10 Å². The number of carbonyl (C=O) groups is 1. The van der Waals surface area contributed by atoms with E-state index < -0.39 is 0 Å². The molecule has 2 heteroatoms. The van der Waals surface area contributed by atoms with Crippen LogP contribution in [0.1, 0.15) is 33.1 Å². The van der Waals surface area contributed by atoms with E-state index in [0.717, 1.165) is 19.3 Å². The Morgan fingerprint density at radius 1 is 1.60 bits per heavy atom. The van der Waals surface area contributed by atoms with Crippen molar-refractivity contribution in [1.82, 2.24) is 0 Å². The molecule has 0 saturated heterocycles. The van der Waals surface area contributed by atoms with Gasteiger partial charge in [0.15, 0.2) is 5.78 Å². The summed E-state index contributed by atoms with van der Waals surface area (Å²) >= 11 is 0. The Morgan fingerprint density at radius 3 is 3.00 bits per heavy atom. The highest BCUT2D eigenvalue weighted by molar-refractivity contribution is 6.01. The van der Waals surface area contributed by atoms with Crippen LogP contribution in [-0.2, 0) is 4.79 Å². The molecule has 2 rings (SSSR count). The van der Waals surface area contributed by atoms with Crippen LogP contribution in [0.25, 0.3) is 0 Å². The summed E-state index contributed by atoms with van der Waals surface area (Å²) in [6, 6.07) is 0. The van der Waals surface area contributed by atoms with Gasteiger partial charge in [-0.3, -0.25) is 4.79 Å². The first kappa shape index (κ1) is 10.6. The zero-order valence-electron chi connectivity index (χ0n) is 9.36. The van der Waals surface area contributed by atoms with Gasteiger partial charge in [0.2, 0.25) is 0 Å². The zero-order valence-corrected chi connectivity index (χ0v) is 9.36. The fourth-order valence-corrected chi connectivity index (χ4v) is 3.00. The third-order valence-corrected chi connectivity index (χ3v) is 3.92.